The Balaban J connectivity index is 1.57. The molecule has 0 spiro atoms. The van der Waals surface area contributed by atoms with E-state index in [1.165, 1.54) is 35.7 Å². The van der Waals surface area contributed by atoms with Crippen LogP contribution in [0.2, 0.25) is 5.02 Å². The van der Waals surface area contributed by atoms with Crippen LogP contribution in [0.3, 0.4) is 0 Å². The standard InChI is InChI=1S/C24H18ClN3O4S/c1-14(15-4-2-6-17(10-15)24(30)31)28-21(29)20-12-18(25)13-27-22(20)32-19-7-3-5-16(11-19)23-26-8-9-33-23/h2-14H,1H3,(H,28,29)(H,30,31)/t14-/m0/s1. The fraction of sp³-hybridized carbons (Fsp3) is 0.0833. The zero-order valence-electron chi connectivity index (χ0n) is 17.4. The van der Waals surface area contributed by atoms with Crippen molar-refractivity contribution in [3.05, 3.63) is 94.1 Å². The van der Waals surface area contributed by atoms with Gasteiger partial charge < -0.3 is 15.2 Å². The first-order valence-corrected chi connectivity index (χ1v) is 11.1. The summed E-state index contributed by atoms with van der Waals surface area (Å²) in [6.45, 7) is 1.76. The number of ether oxygens (including phenoxy) is 1. The molecule has 9 heteroatoms. The van der Waals surface area contributed by atoms with E-state index >= 15 is 0 Å². The van der Waals surface area contributed by atoms with Gasteiger partial charge in [0.1, 0.15) is 16.3 Å². The average Bonchev–Trinajstić information content (AvgIpc) is 3.35. The molecular formula is C24H18ClN3O4S. The first-order valence-electron chi connectivity index (χ1n) is 9.88. The average molecular weight is 480 g/mol. The van der Waals surface area contributed by atoms with Gasteiger partial charge in [0.2, 0.25) is 5.88 Å². The number of aromatic carboxylic acids is 1. The second-order valence-electron chi connectivity index (χ2n) is 7.10. The number of hydrogen-bond donors (Lipinski definition) is 2. The molecule has 2 heterocycles. The summed E-state index contributed by atoms with van der Waals surface area (Å²) in [5.41, 5.74) is 1.83. The molecule has 1 atom stereocenters. The smallest absolute Gasteiger partial charge is 0.335 e. The van der Waals surface area contributed by atoms with Gasteiger partial charge in [0.05, 0.1) is 16.6 Å². The maximum atomic E-state index is 13.0. The van der Waals surface area contributed by atoms with Gasteiger partial charge in [0.15, 0.2) is 0 Å². The molecule has 0 fully saturated rings. The van der Waals surface area contributed by atoms with Crippen molar-refractivity contribution >= 4 is 34.8 Å². The number of carbonyl (C=O) groups is 2. The molecule has 7 nitrogen and oxygen atoms in total. The van der Waals surface area contributed by atoms with Crippen molar-refractivity contribution in [1.82, 2.24) is 15.3 Å². The molecule has 0 radical (unpaired) electrons. The third kappa shape index (κ3) is 5.36. The van der Waals surface area contributed by atoms with Crippen LogP contribution in [0.25, 0.3) is 10.6 Å². The Morgan fingerprint density at radius 3 is 2.70 bits per heavy atom. The van der Waals surface area contributed by atoms with Gasteiger partial charge in [-0.2, -0.15) is 0 Å². The van der Waals surface area contributed by atoms with Crippen LogP contribution in [0, 0.1) is 0 Å². The van der Waals surface area contributed by atoms with E-state index in [-0.39, 0.29) is 22.0 Å². The van der Waals surface area contributed by atoms with Crippen molar-refractivity contribution in [3.63, 3.8) is 0 Å². The number of carboxylic acid groups (broad SMARTS) is 1. The first kappa shape index (κ1) is 22.4. The minimum Gasteiger partial charge on any atom is -0.478 e. The molecule has 2 aromatic heterocycles. The number of rotatable bonds is 7. The van der Waals surface area contributed by atoms with E-state index in [0.717, 1.165) is 10.6 Å². The molecule has 0 aliphatic heterocycles. The second-order valence-corrected chi connectivity index (χ2v) is 8.43. The van der Waals surface area contributed by atoms with Crippen LogP contribution in [0.1, 0.15) is 39.2 Å². The van der Waals surface area contributed by atoms with Gasteiger partial charge in [0, 0.05) is 23.3 Å². The summed E-state index contributed by atoms with van der Waals surface area (Å²) < 4.78 is 5.93. The lowest BCUT2D eigenvalue weighted by molar-refractivity contribution is 0.0696. The minimum absolute atomic E-state index is 0.0969. The van der Waals surface area contributed by atoms with Gasteiger partial charge in [-0.15, -0.1) is 11.3 Å². The van der Waals surface area contributed by atoms with E-state index in [2.05, 4.69) is 15.3 Å². The van der Waals surface area contributed by atoms with E-state index in [4.69, 9.17) is 16.3 Å². The number of thiazole rings is 1. The molecule has 166 valence electrons. The van der Waals surface area contributed by atoms with E-state index in [9.17, 15) is 14.7 Å². The fourth-order valence-electron chi connectivity index (χ4n) is 3.14. The number of nitrogens with one attached hydrogen (secondary N) is 1. The highest BCUT2D eigenvalue weighted by Crippen LogP contribution is 2.30. The van der Waals surface area contributed by atoms with Crippen LogP contribution in [-0.2, 0) is 0 Å². The lowest BCUT2D eigenvalue weighted by Gasteiger charge is -2.16. The molecular weight excluding hydrogens is 462 g/mol. The lowest BCUT2D eigenvalue weighted by atomic mass is 10.0. The van der Waals surface area contributed by atoms with Crippen molar-refractivity contribution < 1.29 is 19.4 Å². The highest BCUT2D eigenvalue weighted by Gasteiger charge is 2.19. The highest BCUT2D eigenvalue weighted by atomic mass is 35.5. The molecule has 2 aromatic carbocycles. The summed E-state index contributed by atoms with van der Waals surface area (Å²) in [5.74, 6) is -0.900. The molecule has 0 saturated carbocycles. The number of benzene rings is 2. The van der Waals surface area contributed by atoms with E-state index in [1.807, 2.05) is 23.6 Å². The Bertz CT molecular complexity index is 1310. The summed E-state index contributed by atoms with van der Waals surface area (Å²) in [4.78, 5) is 32.8. The van der Waals surface area contributed by atoms with Crippen molar-refractivity contribution in [3.8, 4) is 22.2 Å². The van der Waals surface area contributed by atoms with E-state index in [1.54, 1.807) is 31.3 Å². The normalized spacial score (nSPS) is 11.6. The maximum Gasteiger partial charge on any atom is 0.335 e. The third-order valence-corrected chi connectivity index (χ3v) is 5.80. The van der Waals surface area contributed by atoms with Crippen LogP contribution >= 0.6 is 22.9 Å². The number of aromatic nitrogens is 2. The van der Waals surface area contributed by atoms with Gasteiger partial charge in [-0.1, -0.05) is 35.9 Å². The second kappa shape index (κ2) is 9.81. The molecule has 0 bridgehead atoms. The number of carboxylic acids is 1. The summed E-state index contributed by atoms with van der Waals surface area (Å²) in [7, 11) is 0. The number of amides is 1. The maximum absolute atomic E-state index is 13.0. The van der Waals surface area contributed by atoms with Crippen molar-refractivity contribution in [2.45, 2.75) is 13.0 Å². The molecule has 2 N–H and O–H groups in total. The van der Waals surface area contributed by atoms with Gasteiger partial charge in [-0.25, -0.2) is 14.8 Å². The lowest BCUT2D eigenvalue weighted by Crippen LogP contribution is -2.27. The van der Waals surface area contributed by atoms with Crippen molar-refractivity contribution in [1.29, 1.82) is 0 Å². The van der Waals surface area contributed by atoms with Crippen LogP contribution in [0.4, 0.5) is 0 Å². The Labute approximate surface area is 198 Å². The number of carbonyl (C=O) groups excluding carboxylic acids is 1. The predicted molar refractivity (Wildman–Crippen MR) is 126 cm³/mol. The Kier molecular flexibility index (Phi) is 6.67. The number of hydrogen-bond acceptors (Lipinski definition) is 6. The third-order valence-electron chi connectivity index (χ3n) is 4.77. The topological polar surface area (TPSA) is 101 Å². The van der Waals surface area contributed by atoms with Crippen molar-refractivity contribution in [2.75, 3.05) is 0 Å². The Hall–Kier alpha value is -3.75. The molecule has 1 amide bonds. The predicted octanol–water partition coefficient (Wildman–Crippen LogP) is 5.84. The molecule has 0 aliphatic carbocycles. The molecule has 0 aliphatic rings. The summed E-state index contributed by atoms with van der Waals surface area (Å²) in [5, 5.41) is 15.1. The zero-order valence-corrected chi connectivity index (χ0v) is 18.9. The van der Waals surface area contributed by atoms with E-state index < -0.39 is 17.9 Å². The molecule has 33 heavy (non-hydrogen) atoms. The Morgan fingerprint density at radius 1 is 1.12 bits per heavy atom. The van der Waals surface area contributed by atoms with Gasteiger partial charge in [-0.05, 0) is 42.8 Å². The van der Waals surface area contributed by atoms with Crippen LogP contribution in [0.15, 0.2) is 72.4 Å². The molecule has 0 unspecified atom stereocenters. The van der Waals surface area contributed by atoms with Crippen LogP contribution in [0.5, 0.6) is 11.6 Å². The Morgan fingerprint density at radius 2 is 1.94 bits per heavy atom. The van der Waals surface area contributed by atoms with Gasteiger partial charge in [-0.3, -0.25) is 4.79 Å². The number of nitrogens with zero attached hydrogens (tertiary/aromatic N) is 2. The first-order chi connectivity index (χ1) is 15.9. The van der Waals surface area contributed by atoms with Crippen LogP contribution < -0.4 is 10.1 Å². The number of halogens is 1. The fourth-order valence-corrected chi connectivity index (χ4v) is 3.93. The summed E-state index contributed by atoms with van der Waals surface area (Å²) in [6.07, 6.45) is 3.13. The minimum atomic E-state index is -1.04. The number of pyridine rings is 1. The SMILES string of the molecule is C[C@H](NC(=O)c1cc(Cl)cnc1Oc1cccc(-c2nccs2)c1)c1cccc(C(=O)O)c1. The van der Waals surface area contributed by atoms with Crippen LogP contribution in [-0.4, -0.2) is 27.0 Å². The largest absolute Gasteiger partial charge is 0.478 e. The monoisotopic (exact) mass is 479 g/mol. The molecule has 4 rings (SSSR count). The highest BCUT2D eigenvalue weighted by molar-refractivity contribution is 7.13. The van der Waals surface area contributed by atoms with Crippen molar-refractivity contribution in [2.24, 2.45) is 0 Å². The summed E-state index contributed by atoms with van der Waals surface area (Å²) in [6, 6.07) is 14.7. The quantitative estimate of drug-likeness (QED) is 0.345. The molecule has 4 aromatic rings. The van der Waals surface area contributed by atoms with Gasteiger partial charge >= 0.3 is 5.97 Å². The van der Waals surface area contributed by atoms with E-state index in [0.29, 0.717) is 11.3 Å². The summed E-state index contributed by atoms with van der Waals surface area (Å²) >= 11 is 7.60. The van der Waals surface area contributed by atoms with Gasteiger partial charge in [0.25, 0.3) is 5.91 Å². The zero-order chi connectivity index (χ0) is 23.4. The molecule has 0 saturated heterocycles.